The van der Waals surface area contributed by atoms with E-state index >= 15 is 0 Å². The topological polar surface area (TPSA) is 30.2 Å². The van der Waals surface area contributed by atoms with Crippen molar-refractivity contribution in [2.24, 2.45) is 0 Å². The Kier molecular flexibility index (Phi) is 3.04. The van der Waals surface area contributed by atoms with Crippen LogP contribution in [0.5, 0.6) is 0 Å². The normalized spacial score (nSPS) is 10.9. The first-order valence-corrected chi connectivity index (χ1v) is 5.43. The summed E-state index contributed by atoms with van der Waals surface area (Å²) in [6.07, 6.45) is 2.25. The van der Waals surface area contributed by atoms with Gasteiger partial charge in [0.05, 0.1) is 0 Å². The second-order valence-electron chi connectivity index (χ2n) is 3.80. The Labute approximate surface area is 93.1 Å². The summed E-state index contributed by atoms with van der Waals surface area (Å²) >= 11 is 0. The molecule has 1 aromatic carbocycles. The van der Waals surface area contributed by atoms with Crippen LogP contribution in [0.15, 0.2) is 28.7 Å². The van der Waals surface area contributed by atoms with E-state index in [0.29, 0.717) is 11.8 Å². The van der Waals surface area contributed by atoms with Crippen molar-refractivity contribution in [1.82, 2.24) is 0 Å². The molecule has 2 aromatic rings. The van der Waals surface area contributed by atoms with Crippen molar-refractivity contribution in [1.29, 1.82) is 0 Å². The average molecular weight is 220 g/mol. The summed E-state index contributed by atoms with van der Waals surface area (Å²) in [5, 5.41) is 0.639. The van der Waals surface area contributed by atoms with Crippen LogP contribution < -0.4 is 0 Å². The molecule has 0 N–H and O–H groups in total. The quantitative estimate of drug-likeness (QED) is 0.730. The second kappa shape index (κ2) is 4.47. The summed E-state index contributed by atoms with van der Waals surface area (Å²) < 4.78 is 18.5. The first-order chi connectivity index (χ1) is 7.72. The number of ketones is 1. The molecule has 0 aliphatic carbocycles. The van der Waals surface area contributed by atoms with Crippen LogP contribution in [0.3, 0.4) is 0 Å². The third kappa shape index (κ3) is 1.98. The minimum atomic E-state index is -0.424. The Morgan fingerprint density at radius 1 is 1.44 bits per heavy atom. The van der Waals surface area contributed by atoms with Crippen LogP contribution in [-0.4, -0.2) is 5.78 Å². The van der Waals surface area contributed by atoms with Crippen molar-refractivity contribution in [3.05, 3.63) is 35.8 Å². The number of rotatable bonds is 4. The van der Waals surface area contributed by atoms with Crippen molar-refractivity contribution >= 4 is 16.8 Å². The molecule has 2 rings (SSSR count). The van der Waals surface area contributed by atoms with E-state index in [9.17, 15) is 9.18 Å². The van der Waals surface area contributed by atoms with Crippen LogP contribution in [0, 0.1) is 5.82 Å². The molecule has 0 saturated carbocycles. The van der Waals surface area contributed by atoms with E-state index in [1.54, 1.807) is 18.2 Å². The molecule has 0 spiro atoms. The number of carbonyl (C=O) groups is 1. The Morgan fingerprint density at radius 3 is 2.94 bits per heavy atom. The molecular formula is C13H13FO2. The second-order valence-corrected chi connectivity index (χ2v) is 3.80. The maximum Gasteiger partial charge on any atom is 0.198 e. The SMILES string of the molecule is CCCCC(=O)c1cc2cccc(F)c2o1. The molecule has 84 valence electrons. The van der Waals surface area contributed by atoms with Gasteiger partial charge in [0.25, 0.3) is 0 Å². The molecule has 0 unspecified atom stereocenters. The van der Waals surface area contributed by atoms with Crippen LogP contribution >= 0.6 is 0 Å². The van der Waals surface area contributed by atoms with Gasteiger partial charge in [0, 0.05) is 11.8 Å². The van der Waals surface area contributed by atoms with Gasteiger partial charge in [-0.1, -0.05) is 25.5 Å². The fourth-order valence-electron chi connectivity index (χ4n) is 1.63. The monoisotopic (exact) mass is 220 g/mol. The zero-order chi connectivity index (χ0) is 11.5. The Hall–Kier alpha value is -1.64. The predicted molar refractivity (Wildman–Crippen MR) is 60.0 cm³/mol. The lowest BCUT2D eigenvalue weighted by Crippen LogP contribution is -1.95. The van der Waals surface area contributed by atoms with E-state index in [0.717, 1.165) is 12.8 Å². The summed E-state index contributed by atoms with van der Waals surface area (Å²) in [7, 11) is 0. The zero-order valence-electron chi connectivity index (χ0n) is 9.13. The lowest BCUT2D eigenvalue weighted by atomic mass is 10.1. The van der Waals surface area contributed by atoms with Crippen molar-refractivity contribution in [2.45, 2.75) is 26.2 Å². The number of Topliss-reactive ketones (excluding diaryl/α,β-unsaturated/α-hetero) is 1. The first kappa shape index (κ1) is 10.9. The van der Waals surface area contributed by atoms with E-state index < -0.39 is 5.82 Å². The van der Waals surface area contributed by atoms with Gasteiger partial charge < -0.3 is 4.42 Å². The molecule has 0 amide bonds. The predicted octanol–water partition coefficient (Wildman–Crippen LogP) is 3.94. The molecule has 0 bridgehead atoms. The molecule has 16 heavy (non-hydrogen) atoms. The van der Waals surface area contributed by atoms with Crippen molar-refractivity contribution in [2.75, 3.05) is 0 Å². The highest BCUT2D eigenvalue weighted by molar-refractivity contribution is 5.97. The number of hydrogen-bond acceptors (Lipinski definition) is 2. The van der Waals surface area contributed by atoms with Gasteiger partial charge in [-0.3, -0.25) is 4.79 Å². The van der Waals surface area contributed by atoms with Crippen molar-refractivity contribution in [3.63, 3.8) is 0 Å². The maximum absolute atomic E-state index is 13.3. The molecule has 0 fully saturated rings. The van der Waals surface area contributed by atoms with E-state index in [4.69, 9.17) is 4.42 Å². The standard InChI is InChI=1S/C13H13FO2/c1-2-3-7-11(15)12-8-9-5-4-6-10(14)13(9)16-12/h4-6,8H,2-3,7H2,1H3. The largest absolute Gasteiger partial charge is 0.450 e. The molecule has 1 aromatic heterocycles. The third-order valence-corrected chi connectivity index (χ3v) is 2.53. The Bertz CT molecular complexity index is 514. The fourth-order valence-corrected chi connectivity index (χ4v) is 1.63. The number of para-hydroxylation sites is 1. The smallest absolute Gasteiger partial charge is 0.198 e. The summed E-state index contributed by atoms with van der Waals surface area (Å²) in [5.41, 5.74) is 0.169. The first-order valence-electron chi connectivity index (χ1n) is 5.43. The highest BCUT2D eigenvalue weighted by Crippen LogP contribution is 2.23. The molecule has 0 saturated heterocycles. The van der Waals surface area contributed by atoms with E-state index in [1.165, 1.54) is 6.07 Å². The number of halogens is 1. The minimum absolute atomic E-state index is 0.0579. The molecule has 0 aliphatic heterocycles. The van der Waals surface area contributed by atoms with Gasteiger partial charge in [0.1, 0.15) is 0 Å². The molecule has 0 aliphatic rings. The van der Waals surface area contributed by atoms with Gasteiger partial charge in [0.15, 0.2) is 22.9 Å². The van der Waals surface area contributed by atoms with Gasteiger partial charge >= 0.3 is 0 Å². The van der Waals surface area contributed by atoms with E-state index in [2.05, 4.69) is 0 Å². The number of unbranched alkanes of at least 4 members (excludes halogenated alkanes) is 1. The highest BCUT2D eigenvalue weighted by atomic mass is 19.1. The van der Waals surface area contributed by atoms with Crippen molar-refractivity contribution < 1.29 is 13.6 Å². The molecule has 3 heteroatoms. The summed E-state index contributed by atoms with van der Waals surface area (Å²) in [6, 6.07) is 6.27. The Balaban J connectivity index is 2.32. The Morgan fingerprint density at radius 2 is 2.25 bits per heavy atom. The van der Waals surface area contributed by atoms with Crippen LogP contribution in [0.1, 0.15) is 36.7 Å². The zero-order valence-corrected chi connectivity index (χ0v) is 9.13. The van der Waals surface area contributed by atoms with Crippen LogP contribution in [0.2, 0.25) is 0 Å². The average Bonchev–Trinajstić information content (AvgIpc) is 2.71. The van der Waals surface area contributed by atoms with Gasteiger partial charge in [-0.2, -0.15) is 0 Å². The molecule has 1 heterocycles. The van der Waals surface area contributed by atoms with Gasteiger partial charge in [0.2, 0.25) is 0 Å². The number of benzene rings is 1. The molecule has 2 nitrogen and oxygen atoms in total. The maximum atomic E-state index is 13.3. The minimum Gasteiger partial charge on any atom is -0.450 e. The molecule has 0 radical (unpaired) electrons. The summed E-state index contributed by atoms with van der Waals surface area (Å²) in [5.74, 6) is -0.224. The van der Waals surface area contributed by atoms with Gasteiger partial charge in [-0.25, -0.2) is 4.39 Å². The van der Waals surface area contributed by atoms with E-state index in [1.807, 2.05) is 6.92 Å². The fraction of sp³-hybridized carbons (Fsp3) is 0.308. The lowest BCUT2D eigenvalue weighted by molar-refractivity contribution is 0.0955. The number of hydrogen-bond donors (Lipinski definition) is 0. The van der Waals surface area contributed by atoms with Crippen molar-refractivity contribution in [3.8, 4) is 0 Å². The number of fused-ring (bicyclic) bond motifs is 1. The summed E-state index contributed by atoms with van der Waals surface area (Å²) in [4.78, 5) is 11.7. The van der Waals surface area contributed by atoms with E-state index in [-0.39, 0.29) is 17.1 Å². The highest BCUT2D eigenvalue weighted by Gasteiger charge is 2.13. The van der Waals surface area contributed by atoms with Gasteiger partial charge in [-0.15, -0.1) is 0 Å². The number of carbonyl (C=O) groups excluding carboxylic acids is 1. The number of furan rings is 1. The molecular weight excluding hydrogens is 207 g/mol. The molecule has 0 atom stereocenters. The third-order valence-electron chi connectivity index (χ3n) is 2.53. The summed E-state index contributed by atoms with van der Waals surface area (Å²) in [6.45, 7) is 2.02. The van der Waals surface area contributed by atoms with Crippen LogP contribution in [-0.2, 0) is 0 Å². The lowest BCUT2D eigenvalue weighted by Gasteiger charge is -1.93. The van der Waals surface area contributed by atoms with Crippen LogP contribution in [0.4, 0.5) is 4.39 Å². The van der Waals surface area contributed by atoms with Gasteiger partial charge in [-0.05, 0) is 18.6 Å². The van der Waals surface area contributed by atoms with Crippen LogP contribution in [0.25, 0.3) is 11.0 Å².